The van der Waals surface area contributed by atoms with E-state index < -0.39 is 10.0 Å². The Bertz CT molecular complexity index is 1060. The van der Waals surface area contributed by atoms with Gasteiger partial charge in [0.05, 0.1) is 11.4 Å². The third kappa shape index (κ3) is 5.08. The molecule has 3 rings (SSSR count). The summed E-state index contributed by atoms with van der Waals surface area (Å²) in [5.74, 6) is -0.567. The molecule has 0 aromatic heterocycles. The number of hydrogen-bond acceptors (Lipinski definition) is 4. The van der Waals surface area contributed by atoms with Crippen LogP contribution in [-0.4, -0.2) is 62.2 Å². The second-order valence-electron chi connectivity index (χ2n) is 7.25. The summed E-state index contributed by atoms with van der Waals surface area (Å²) < 4.78 is 28.1. The minimum atomic E-state index is -3.60. The van der Waals surface area contributed by atoms with Crippen LogP contribution in [0.15, 0.2) is 51.8 Å². The molecule has 7 nitrogen and oxygen atoms in total. The molecule has 1 aliphatic rings. The molecule has 30 heavy (non-hydrogen) atoms. The number of halogens is 1. The van der Waals surface area contributed by atoms with Gasteiger partial charge in [-0.1, -0.05) is 39.7 Å². The van der Waals surface area contributed by atoms with Gasteiger partial charge in [0.1, 0.15) is 0 Å². The highest BCUT2D eigenvalue weighted by molar-refractivity contribution is 9.10. The first-order valence-corrected chi connectivity index (χ1v) is 11.8. The monoisotopic (exact) mass is 493 g/mol. The molecule has 1 heterocycles. The van der Waals surface area contributed by atoms with E-state index in [1.807, 2.05) is 19.1 Å². The molecule has 2 aromatic rings. The van der Waals surface area contributed by atoms with Crippen LogP contribution < -0.4 is 5.32 Å². The third-order valence-electron chi connectivity index (χ3n) is 5.03. The Morgan fingerprint density at radius 2 is 1.73 bits per heavy atom. The zero-order chi connectivity index (χ0) is 21.9. The maximum absolute atomic E-state index is 13.0. The molecule has 0 unspecified atom stereocenters. The second-order valence-corrected chi connectivity index (χ2v) is 10.1. The van der Waals surface area contributed by atoms with Crippen LogP contribution in [0.5, 0.6) is 0 Å². The lowest BCUT2D eigenvalue weighted by atomic mass is 10.2. The summed E-state index contributed by atoms with van der Waals surface area (Å²) >= 11 is 3.31. The van der Waals surface area contributed by atoms with E-state index in [1.54, 1.807) is 42.2 Å². The van der Waals surface area contributed by atoms with Crippen molar-refractivity contribution >= 4 is 37.8 Å². The van der Waals surface area contributed by atoms with E-state index in [2.05, 4.69) is 21.2 Å². The maximum atomic E-state index is 13.0. The summed E-state index contributed by atoms with van der Waals surface area (Å²) in [6.45, 7) is 4.60. The predicted molar refractivity (Wildman–Crippen MR) is 118 cm³/mol. The first-order chi connectivity index (χ1) is 14.2. The molecule has 1 N–H and O–H groups in total. The lowest BCUT2D eigenvalue weighted by Gasteiger charge is -2.34. The smallest absolute Gasteiger partial charge is 0.251 e. The van der Waals surface area contributed by atoms with E-state index in [9.17, 15) is 18.0 Å². The minimum Gasteiger partial charge on any atom is -0.343 e. The lowest BCUT2D eigenvalue weighted by Crippen LogP contribution is -2.52. The summed E-state index contributed by atoms with van der Waals surface area (Å²) in [6.07, 6.45) is 0. The highest BCUT2D eigenvalue weighted by Gasteiger charge is 2.31. The number of benzene rings is 2. The Labute approximate surface area is 185 Å². The normalized spacial score (nSPS) is 15.1. The van der Waals surface area contributed by atoms with E-state index in [-0.39, 0.29) is 44.5 Å². The van der Waals surface area contributed by atoms with Crippen molar-refractivity contribution < 1.29 is 18.0 Å². The molecule has 160 valence electrons. The molecule has 1 fully saturated rings. The van der Waals surface area contributed by atoms with Crippen LogP contribution in [-0.2, 0) is 14.8 Å². The zero-order valence-corrected chi connectivity index (χ0v) is 19.3. The molecule has 0 atom stereocenters. The summed E-state index contributed by atoms with van der Waals surface area (Å²) in [5.41, 5.74) is 2.18. The molecule has 1 aliphatic heterocycles. The second kappa shape index (κ2) is 9.28. The van der Waals surface area contributed by atoms with Gasteiger partial charge < -0.3 is 10.2 Å². The molecule has 2 aromatic carbocycles. The van der Waals surface area contributed by atoms with Crippen molar-refractivity contribution in [3.05, 3.63) is 63.6 Å². The quantitative estimate of drug-likeness (QED) is 0.692. The van der Waals surface area contributed by atoms with Crippen LogP contribution in [0.1, 0.15) is 21.5 Å². The fourth-order valence-electron chi connectivity index (χ4n) is 3.41. The Kier molecular flexibility index (Phi) is 6.95. The topological polar surface area (TPSA) is 86.8 Å². The van der Waals surface area contributed by atoms with Gasteiger partial charge in [-0.2, -0.15) is 4.31 Å². The van der Waals surface area contributed by atoms with E-state index in [1.165, 1.54) is 4.31 Å². The van der Waals surface area contributed by atoms with Crippen LogP contribution in [0.2, 0.25) is 0 Å². The average Bonchev–Trinajstić information content (AvgIpc) is 2.71. The fraction of sp³-hybridized carbons (Fsp3) is 0.333. The van der Waals surface area contributed by atoms with Crippen LogP contribution in [0.25, 0.3) is 0 Å². The number of piperazine rings is 1. The number of carbonyl (C=O) groups is 2. The Hall–Kier alpha value is -2.23. The van der Waals surface area contributed by atoms with Crippen molar-refractivity contribution in [2.75, 3.05) is 32.7 Å². The summed E-state index contributed by atoms with van der Waals surface area (Å²) in [5, 5.41) is 2.62. The first-order valence-electron chi connectivity index (χ1n) is 9.57. The molecule has 0 bridgehead atoms. The molecule has 1 saturated heterocycles. The number of sulfonamides is 1. The molecule has 0 saturated carbocycles. The maximum Gasteiger partial charge on any atom is 0.251 e. The van der Waals surface area contributed by atoms with Crippen LogP contribution >= 0.6 is 15.9 Å². The Balaban J connectivity index is 1.55. The van der Waals surface area contributed by atoms with E-state index in [0.29, 0.717) is 16.0 Å². The predicted octanol–water partition coefficient (Wildman–Crippen LogP) is 2.33. The van der Waals surface area contributed by atoms with Crippen LogP contribution in [0.4, 0.5) is 0 Å². The van der Waals surface area contributed by atoms with E-state index >= 15 is 0 Å². The van der Waals surface area contributed by atoms with Crippen LogP contribution in [0, 0.1) is 13.8 Å². The third-order valence-corrected chi connectivity index (χ3v) is 7.58. The molecular weight excluding hydrogens is 470 g/mol. The number of hydrogen-bond donors (Lipinski definition) is 1. The lowest BCUT2D eigenvalue weighted by molar-refractivity contribution is -0.131. The van der Waals surface area contributed by atoms with Gasteiger partial charge in [0.25, 0.3) is 5.91 Å². The van der Waals surface area contributed by atoms with Crippen molar-refractivity contribution in [2.45, 2.75) is 18.7 Å². The zero-order valence-electron chi connectivity index (χ0n) is 16.9. The van der Waals surface area contributed by atoms with Gasteiger partial charge >= 0.3 is 0 Å². The fourth-order valence-corrected chi connectivity index (χ4v) is 5.43. The summed E-state index contributed by atoms with van der Waals surface area (Å²) in [7, 11) is -3.60. The van der Waals surface area contributed by atoms with Gasteiger partial charge in [0.15, 0.2) is 0 Å². The largest absolute Gasteiger partial charge is 0.343 e. The Morgan fingerprint density at radius 3 is 2.37 bits per heavy atom. The average molecular weight is 494 g/mol. The summed E-state index contributed by atoms with van der Waals surface area (Å²) in [4.78, 5) is 26.5. The van der Waals surface area contributed by atoms with Crippen LogP contribution in [0.3, 0.4) is 0 Å². The van der Waals surface area contributed by atoms with Gasteiger partial charge in [0, 0.05) is 36.2 Å². The molecule has 0 spiro atoms. The van der Waals surface area contributed by atoms with Crippen molar-refractivity contribution in [3.63, 3.8) is 0 Å². The SMILES string of the molecule is Cc1ccc(S(=O)(=O)N2CCN(C(=O)CNC(=O)c3cccc(Br)c3)CC2)c(C)c1. The number of carbonyl (C=O) groups excluding carboxylic acids is 2. The summed E-state index contributed by atoms with van der Waals surface area (Å²) in [6, 6.07) is 12.2. The number of aryl methyl sites for hydroxylation is 2. The van der Waals surface area contributed by atoms with Gasteiger partial charge in [-0.15, -0.1) is 0 Å². The number of amides is 2. The molecule has 0 radical (unpaired) electrons. The van der Waals surface area contributed by atoms with Gasteiger partial charge in [-0.05, 0) is 43.7 Å². The molecule has 9 heteroatoms. The van der Waals surface area contributed by atoms with E-state index in [0.717, 1.165) is 10.0 Å². The van der Waals surface area contributed by atoms with E-state index in [4.69, 9.17) is 0 Å². The van der Waals surface area contributed by atoms with Crippen molar-refractivity contribution in [1.82, 2.24) is 14.5 Å². The van der Waals surface area contributed by atoms with Gasteiger partial charge in [0.2, 0.25) is 15.9 Å². The van der Waals surface area contributed by atoms with Crippen molar-refractivity contribution in [2.24, 2.45) is 0 Å². The number of nitrogens with one attached hydrogen (secondary N) is 1. The molecule has 0 aliphatic carbocycles. The standard InChI is InChI=1S/C21H24BrN3O4S/c1-15-6-7-19(16(2)12-15)30(28,29)25-10-8-24(9-11-25)20(26)14-23-21(27)17-4-3-5-18(22)13-17/h3-7,12-13H,8-11,14H2,1-2H3,(H,23,27). The number of nitrogens with zero attached hydrogens (tertiary/aromatic N) is 2. The minimum absolute atomic E-state index is 0.130. The van der Waals surface area contributed by atoms with Crippen molar-refractivity contribution in [1.29, 1.82) is 0 Å². The van der Waals surface area contributed by atoms with Gasteiger partial charge in [-0.3, -0.25) is 9.59 Å². The number of rotatable bonds is 5. The highest BCUT2D eigenvalue weighted by Crippen LogP contribution is 2.22. The molecular formula is C21H24BrN3O4S. The van der Waals surface area contributed by atoms with Crippen molar-refractivity contribution in [3.8, 4) is 0 Å². The Morgan fingerprint density at radius 1 is 1.03 bits per heavy atom. The highest BCUT2D eigenvalue weighted by atomic mass is 79.9. The van der Waals surface area contributed by atoms with Gasteiger partial charge in [-0.25, -0.2) is 8.42 Å². The molecule has 2 amide bonds. The first kappa shape index (κ1) is 22.5.